The Labute approximate surface area is 177 Å². The molecule has 0 saturated carbocycles. The maximum absolute atomic E-state index is 14.1. The van der Waals surface area contributed by atoms with Crippen molar-refractivity contribution in [3.63, 3.8) is 0 Å². The van der Waals surface area contributed by atoms with Crippen LogP contribution in [0.2, 0.25) is 0 Å². The van der Waals surface area contributed by atoms with Gasteiger partial charge >= 0.3 is 0 Å². The molecule has 2 saturated heterocycles. The average Bonchev–Trinajstić information content (AvgIpc) is 3.28. The second kappa shape index (κ2) is 7.28. The summed E-state index contributed by atoms with van der Waals surface area (Å²) in [6, 6.07) is 18.6. The van der Waals surface area contributed by atoms with Crippen LogP contribution in [0.5, 0.6) is 0 Å². The number of hydroxylamine groups is 1. The largest absolute Gasteiger partial charge is 0.273 e. The molecule has 2 fully saturated rings. The Morgan fingerprint density at radius 3 is 2.19 bits per heavy atom. The first kappa shape index (κ1) is 19.4. The van der Waals surface area contributed by atoms with Crippen LogP contribution in [-0.4, -0.2) is 17.9 Å². The van der Waals surface area contributed by atoms with Crippen LogP contribution in [0.25, 0.3) is 0 Å². The lowest BCUT2D eigenvalue weighted by Crippen LogP contribution is -2.37. The van der Waals surface area contributed by atoms with Crippen molar-refractivity contribution in [2.24, 2.45) is 5.92 Å². The minimum Gasteiger partial charge on any atom is -0.273 e. The van der Waals surface area contributed by atoms with E-state index in [1.54, 1.807) is 36.4 Å². The highest BCUT2D eigenvalue weighted by Gasteiger charge is 2.60. The quantitative estimate of drug-likeness (QED) is 0.592. The summed E-state index contributed by atoms with van der Waals surface area (Å²) in [7, 11) is 0. The Hall–Kier alpha value is -3.58. The van der Waals surface area contributed by atoms with Gasteiger partial charge in [0.1, 0.15) is 5.92 Å². The van der Waals surface area contributed by atoms with Crippen LogP contribution in [0.3, 0.4) is 0 Å². The Morgan fingerprint density at radius 1 is 0.806 bits per heavy atom. The van der Waals surface area contributed by atoms with Crippen molar-refractivity contribution in [2.75, 3.05) is 9.96 Å². The van der Waals surface area contributed by atoms with Crippen molar-refractivity contribution in [1.82, 2.24) is 0 Å². The summed E-state index contributed by atoms with van der Waals surface area (Å²) < 4.78 is 27.6. The van der Waals surface area contributed by atoms with E-state index in [0.717, 1.165) is 22.6 Å². The number of halogens is 2. The third kappa shape index (κ3) is 3.09. The van der Waals surface area contributed by atoms with Crippen LogP contribution in [0.1, 0.15) is 17.2 Å². The smallest absolute Gasteiger partial charge is 0.266 e. The number of aryl methyl sites for hydroxylation is 1. The number of hydrogen-bond donors (Lipinski definition) is 0. The molecule has 0 aliphatic carbocycles. The van der Waals surface area contributed by atoms with E-state index < -0.39 is 41.5 Å². The van der Waals surface area contributed by atoms with Gasteiger partial charge in [-0.15, -0.1) is 0 Å². The van der Waals surface area contributed by atoms with E-state index in [4.69, 9.17) is 4.84 Å². The second-order valence-corrected chi connectivity index (χ2v) is 7.68. The predicted molar refractivity (Wildman–Crippen MR) is 110 cm³/mol. The van der Waals surface area contributed by atoms with Crippen molar-refractivity contribution in [3.05, 3.63) is 95.6 Å². The average molecular weight is 420 g/mol. The van der Waals surface area contributed by atoms with Crippen molar-refractivity contribution in [3.8, 4) is 0 Å². The van der Waals surface area contributed by atoms with E-state index in [9.17, 15) is 18.4 Å². The van der Waals surface area contributed by atoms with Gasteiger partial charge in [-0.3, -0.25) is 14.4 Å². The fourth-order valence-electron chi connectivity index (χ4n) is 4.20. The minimum atomic E-state index is -1.06. The normalized spacial score (nSPS) is 22.9. The van der Waals surface area contributed by atoms with Crippen LogP contribution in [-0.2, 0) is 14.4 Å². The number of imide groups is 1. The molecule has 31 heavy (non-hydrogen) atoms. The topological polar surface area (TPSA) is 49.9 Å². The highest BCUT2D eigenvalue weighted by atomic mass is 19.2. The molecule has 7 heteroatoms. The van der Waals surface area contributed by atoms with Gasteiger partial charge in [0, 0.05) is 0 Å². The third-order valence-electron chi connectivity index (χ3n) is 5.70. The van der Waals surface area contributed by atoms with E-state index in [1.807, 2.05) is 25.1 Å². The first-order valence-corrected chi connectivity index (χ1v) is 9.86. The van der Waals surface area contributed by atoms with Gasteiger partial charge in [0.15, 0.2) is 17.7 Å². The number of para-hydroxylation sites is 1. The molecule has 5 nitrogen and oxygen atoms in total. The molecule has 2 heterocycles. The number of hydrogen-bond acceptors (Lipinski definition) is 4. The van der Waals surface area contributed by atoms with Crippen molar-refractivity contribution in [1.29, 1.82) is 0 Å². The maximum atomic E-state index is 14.1. The lowest BCUT2D eigenvalue weighted by atomic mass is 9.90. The lowest BCUT2D eigenvalue weighted by Gasteiger charge is -2.28. The Morgan fingerprint density at radius 2 is 1.52 bits per heavy atom. The first-order chi connectivity index (χ1) is 15.0. The lowest BCUT2D eigenvalue weighted by molar-refractivity contribution is -0.126. The number of anilines is 2. The van der Waals surface area contributed by atoms with Crippen LogP contribution in [0, 0.1) is 24.5 Å². The Balaban J connectivity index is 1.60. The zero-order valence-electron chi connectivity index (χ0n) is 16.5. The summed E-state index contributed by atoms with van der Waals surface area (Å²) in [4.78, 5) is 33.7. The van der Waals surface area contributed by atoms with Crippen LogP contribution in [0.15, 0.2) is 72.8 Å². The Bertz CT molecular complexity index is 1170. The van der Waals surface area contributed by atoms with Crippen molar-refractivity contribution in [2.45, 2.75) is 19.1 Å². The summed E-state index contributed by atoms with van der Waals surface area (Å²) in [5.74, 6) is -3.84. The fraction of sp³-hybridized carbons (Fsp3) is 0.167. The molecule has 0 aromatic heterocycles. The van der Waals surface area contributed by atoms with Gasteiger partial charge < -0.3 is 0 Å². The number of carbonyl (C=O) groups is 2. The number of benzene rings is 3. The number of rotatable bonds is 3. The summed E-state index contributed by atoms with van der Waals surface area (Å²) in [5, 5.41) is 1.45. The molecule has 5 rings (SSSR count). The molecule has 3 aromatic carbocycles. The fourth-order valence-corrected chi connectivity index (χ4v) is 4.20. The van der Waals surface area contributed by atoms with Gasteiger partial charge in [-0.25, -0.2) is 18.7 Å². The molecule has 156 valence electrons. The minimum absolute atomic E-state index is 0.349. The van der Waals surface area contributed by atoms with Gasteiger partial charge in [0.2, 0.25) is 5.91 Å². The third-order valence-corrected chi connectivity index (χ3v) is 5.70. The summed E-state index contributed by atoms with van der Waals surface area (Å²) in [6.07, 6.45) is -1.06. The Kier molecular flexibility index (Phi) is 4.55. The van der Waals surface area contributed by atoms with Gasteiger partial charge in [-0.2, -0.15) is 0 Å². The molecule has 0 unspecified atom stereocenters. The molecular formula is C24H18F2N2O3. The summed E-state index contributed by atoms with van der Waals surface area (Å²) >= 11 is 0. The van der Waals surface area contributed by atoms with E-state index in [-0.39, 0.29) is 0 Å². The molecule has 3 aromatic rings. The molecule has 0 radical (unpaired) electrons. The molecule has 0 spiro atoms. The van der Waals surface area contributed by atoms with Crippen LogP contribution >= 0.6 is 0 Å². The van der Waals surface area contributed by atoms with Gasteiger partial charge in [0.25, 0.3) is 5.91 Å². The van der Waals surface area contributed by atoms with E-state index in [1.165, 1.54) is 11.1 Å². The highest BCUT2D eigenvalue weighted by molar-refractivity contribution is 6.23. The maximum Gasteiger partial charge on any atom is 0.266 e. The molecular weight excluding hydrogens is 402 g/mol. The molecule has 2 amide bonds. The number of amides is 2. The molecule has 2 aliphatic heterocycles. The second-order valence-electron chi connectivity index (χ2n) is 7.68. The standard InChI is InChI=1S/C24H18F2N2O3/c1-14-7-10-16(11-8-14)27-23(29)20-21(15-9-12-18(25)19(26)13-15)28(31-22(20)24(27)30)17-5-3-2-4-6-17/h2-13,20-22H,1H3/t20-,21+,22-/m1/s1. The predicted octanol–water partition coefficient (Wildman–Crippen LogP) is 4.32. The number of nitrogens with zero attached hydrogens (tertiary/aromatic N) is 2. The van der Waals surface area contributed by atoms with E-state index in [0.29, 0.717) is 16.9 Å². The zero-order chi connectivity index (χ0) is 21.7. The van der Waals surface area contributed by atoms with Crippen LogP contribution in [0.4, 0.5) is 20.2 Å². The zero-order valence-corrected chi connectivity index (χ0v) is 16.5. The van der Waals surface area contributed by atoms with Crippen molar-refractivity contribution < 1.29 is 23.2 Å². The SMILES string of the molecule is Cc1ccc(N2C(=O)[C@H]3[C@@H](ON(c4ccccc4)[C@H]3c3ccc(F)c(F)c3)C2=O)cc1. The van der Waals surface area contributed by atoms with Crippen LogP contribution < -0.4 is 9.96 Å². The monoisotopic (exact) mass is 420 g/mol. The molecule has 3 atom stereocenters. The molecule has 0 bridgehead atoms. The number of carbonyl (C=O) groups excluding carboxylic acids is 2. The number of fused-ring (bicyclic) bond motifs is 1. The van der Waals surface area contributed by atoms with Gasteiger partial charge in [0.05, 0.1) is 17.4 Å². The summed E-state index contributed by atoms with van der Waals surface area (Å²) in [5.41, 5.74) is 2.40. The molecule has 0 N–H and O–H groups in total. The highest BCUT2D eigenvalue weighted by Crippen LogP contribution is 2.47. The van der Waals surface area contributed by atoms with E-state index in [2.05, 4.69) is 0 Å². The van der Waals surface area contributed by atoms with Gasteiger partial charge in [-0.1, -0.05) is 42.0 Å². The van der Waals surface area contributed by atoms with Gasteiger partial charge in [-0.05, 0) is 48.9 Å². The molecule has 2 aliphatic rings. The van der Waals surface area contributed by atoms with E-state index >= 15 is 0 Å². The first-order valence-electron chi connectivity index (χ1n) is 9.86. The van der Waals surface area contributed by atoms with Crippen molar-refractivity contribution >= 4 is 23.2 Å². The summed E-state index contributed by atoms with van der Waals surface area (Å²) in [6.45, 7) is 1.91.